The normalized spacial score (nSPS) is 10.7. The molecule has 3 rings (SSSR count). The van der Waals surface area contributed by atoms with Gasteiger partial charge in [-0.1, -0.05) is 25.1 Å². The van der Waals surface area contributed by atoms with Crippen LogP contribution in [0.1, 0.15) is 18.1 Å². The number of anilines is 1. The summed E-state index contributed by atoms with van der Waals surface area (Å²) in [5, 5.41) is 2.88. The number of H-pyrrole nitrogens is 1. The van der Waals surface area contributed by atoms with Crippen molar-refractivity contribution in [2.45, 2.75) is 19.8 Å². The molecule has 2 heterocycles. The lowest BCUT2D eigenvalue weighted by molar-refractivity contribution is -0.132. The SMILES string of the molecule is CCc1ccccc1NC(=O)CN(C)C(=O)Cc1c[nH]c2cccnc12. The number of pyridine rings is 1. The highest BCUT2D eigenvalue weighted by Crippen LogP contribution is 2.17. The fraction of sp³-hybridized carbons (Fsp3) is 0.250. The first-order chi connectivity index (χ1) is 12.6. The number of hydrogen-bond acceptors (Lipinski definition) is 3. The first-order valence-electron chi connectivity index (χ1n) is 8.61. The maximum Gasteiger partial charge on any atom is 0.243 e. The average molecular weight is 350 g/mol. The maximum atomic E-state index is 12.5. The van der Waals surface area contributed by atoms with E-state index in [1.165, 1.54) is 4.90 Å². The van der Waals surface area contributed by atoms with Crippen LogP contribution in [0.2, 0.25) is 0 Å². The summed E-state index contributed by atoms with van der Waals surface area (Å²) in [6.45, 7) is 2.04. The second-order valence-corrected chi connectivity index (χ2v) is 6.20. The van der Waals surface area contributed by atoms with Crippen LogP contribution in [0, 0.1) is 0 Å². The molecule has 2 N–H and O–H groups in total. The van der Waals surface area contributed by atoms with Crippen molar-refractivity contribution in [1.82, 2.24) is 14.9 Å². The van der Waals surface area contributed by atoms with Gasteiger partial charge < -0.3 is 15.2 Å². The minimum absolute atomic E-state index is 0.00661. The highest BCUT2D eigenvalue weighted by Gasteiger charge is 2.16. The van der Waals surface area contributed by atoms with Crippen LogP contribution >= 0.6 is 0 Å². The Labute approximate surface area is 152 Å². The largest absolute Gasteiger partial charge is 0.360 e. The molecule has 2 amide bonds. The van der Waals surface area contributed by atoms with E-state index in [4.69, 9.17) is 0 Å². The number of rotatable bonds is 6. The number of fused-ring (bicyclic) bond motifs is 1. The summed E-state index contributed by atoms with van der Waals surface area (Å²) in [5.41, 5.74) is 4.37. The molecular weight excluding hydrogens is 328 g/mol. The molecular formula is C20H22N4O2. The van der Waals surface area contributed by atoms with Gasteiger partial charge in [0.1, 0.15) is 0 Å². The Hall–Kier alpha value is -3.15. The Morgan fingerprint density at radius 2 is 1.96 bits per heavy atom. The molecule has 0 aliphatic carbocycles. The Balaban J connectivity index is 1.61. The molecule has 0 aliphatic heterocycles. The van der Waals surface area contributed by atoms with E-state index in [0.717, 1.165) is 34.3 Å². The molecule has 0 radical (unpaired) electrons. The number of para-hydroxylation sites is 1. The zero-order valence-electron chi connectivity index (χ0n) is 15.0. The third-order valence-corrected chi connectivity index (χ3v) is 4.33. The fourth-order valence-corrected chi connectivity index (χ4v) is 2.89. The topological polar surface area (TPSA) is 78.1 Å². The van der Waals surface area contributed by atoms with Gasteiger partial charge in [0.15, 0.2) is 0 Å². The molecule has 6 heteroatoms. The fourth-order valence-electron chi connectivity index (χ4n) is 2.89. The summed E-state index contributed by atoms with van der Waals surface area (Å²) in [7, 11) is 1.63. The van der Waals surface area contributed by atoms with Gasteiger partial charge in [-0.2, -0.15) is 0 Å². The Morgan fingerprint density at radius 3 is 2.77 bits per heavy atom. The minimum Gasteiger partial charge on any atom is -0.360 e. The van der Waals surface area contributed by atoms with Gasteiger partial charge in [-0.25, -0.2) is 0 Å². The Bertz CT molecular complexity index is 932. The number of likely N-dealkylation sites (N-methyl/N-ethyl adjacent to an activating group) is 1. The Kier molecular flexibility index (Phi) is 5.31. The molecule has 6 nitrogen and oxygen atoms in total. The maximum absolute atomic E-state index is 12.5. The molecule has 0 fully saturated rings. The molecule has 0 saturated carbocycles. The van der Waals surface area contributed by atoms with Crippen LogP contribution in [-0.2, 0) is 22.4 Å². The van der Waals surface area contributed by atoms with Crippen LogP contribution in [0.5, 0.6) is 0 Å². The lowest BCUT2D eigenvalue weighted by Gasteiger charge is -2.17. The zero-order chi connectivity index (χ0) is 18.5. The highest BCUT2D eigenvalue weighted by molar-refractivity contribution is 5.95. The van der Waals surface area contributed by atoms with Crippen LogP contribution in [-0.4, -0.2) is 40.3 Å². The third-order valence-electron chi connectivity index (χ3n) is 4.33. The van der Waals surface area contributed by atoms with E-state index in [0.29, 0.717) is 0 Å². The second kappa shape index (κ2) is 7.82. The van der Waals surface area contributed by atoms with Gasteiger partial charge in [0.05, 0.1) is 24.0 Å². The number of carbonyl (C=O) groups is 2. The van der Waals surface area contributed by atoms with Crippen molar-refractivity contribution in [3.05, 3.63) is 59.9 Å². The summed E-state index contributed by atoms with van der Waals surface area (Å²) in [5.74, 6) is -0.339. The number of benzene rings is 1. The third kappa shape index (κ3) is 3.91. The van der Waals surface area contributed by atoms with Crippen LogP contribution in [0.3, 0.4) is 0 Å². The molecule has 0 spiro atoms. The van der Waals surface area contributed by atoms with Gasteiger partial charge in [0.25, 0.3) is 0 Å². The van der Waals surface area contributed by atoms with E-state index in [-0.39, 0.29) is 24.8 Å². The monoisotopic (exact) mass is 350 g/mol. The molecule has 0 bridgehead atoms. The van der Waals surface area contributed by atoms with Crippen molar-refractivity contribution >= 4 is 28.5 Å². The van der Waals surface area contributed by atoms with E-state index in [9.17, 15) is 9.59 Å². The second-order valence-electron chi connectivity index (χ2n) is 6.20. The molecule has 0 aliphatic rings. The predicted molar refractivity (Wildman–Crippen MR) is 102 cm³/mol. The first-order valence-corrected chi connectivity index (χ1v) is 8.61. The number of hydrogen-bond donors (Lipinski definition) is 2. The lowest BCUT2D eigenvalue weighted by Crippen LogP contribution is -2.35. The number of amides is 2. The number of aromatic nitrogens is 2. The molecule has 134 valence electrons. The summed E-state index contributed by atoms with van der Waals surface area (Å²) in [4.78, 5) is 33.6. The van der Waals surface area contributed by atoms with Gasteiger partial charge in [-0.3, -0.25) is 14.6 Å². The predicted octanol–water partition coefficient (Wildman–Crippen LogP) is 2.76. The standard InChI is InChI=1S/C20H22N4O2/c1-3-14-7-4-5-8-16(14)23-18(25)13-24(2)19(26)11-15-12-22-17-9-6-10-21-20(15)17/h4-10,12,22H,3,11,13H2,1-2H3,(H,23,25). The minimum atomic E-state index is -0.209. The molecule has 0 unspecified atom stereocenters. The van der Waals surface area contributed by atoms with Crippen LogP contribution in [0.15, 0.2) is 48.8 Å². The molecule has 0 atom stereocenters. The van der Waals surface area contributed by atoms with Gasteiger partial charge in [0, 0.05) is 30.7 Å². The quantitative estimate of drug-likeness (QED) is 0.717. The number of carbonyl (C=O) groups excluding carboxylic acids is 2. The summed E-state index contributed by atoms with van der Waals surface area (Å²) >= 11 is 0. The smallest absolute Gasteiger partial charge is 0.243 e. The van der Waals surface area contributed by atoms with Crippen LogP contribution < -0.4 is 5.32 Å². The van der Waals surface area contributed by atoms with Crippen molar-refractivity contribution < 1.29 is 9.59 Å². The van der Waals surface area contributed by atoms with Crippen molar-refractivity contribution in [3.63, 3.8) is 0 Å². The number of aromatic amines is 1. The summed E-state index contributed by atoms with van der Waals surface area (Å²) < 4.78 is 0. The number of aryl methyl sites for hydroxylation is 1. The zero-order valence-corrected chi connectivity index (χ0v) is 15.0. The molecule has 0 saturated heterocycles. The summed E-state index contributed by atoms with van der Waals surface area (Å²) in [6, 6.07) is 11.4. The van der Waals surface area contributed by atoms with Gasteiger partial charge >= 0.3 is 0 Å². The van der Waals surface area contributed by atoms with Crippen molar-refractivity contribution in [1.29, 1.82) is 0 Å². The van der Waals surface area contributed by atoms with E-state index in [1.54, 1.807) is 19.4 Å². The van der Waals surface area contributed by atoms with Crippen LogP contribution in [0.4, 0.5) is 5.69 Å². The molecule has 3 aromatic rings. The summed E-state index contributed by atoms with van der Waals surface area (Å²) in [6.07, 6.45) is 4.53. The van der Waals surface area contributed by atoms with E-state index < -0.39 is 0 Å². The number of nitrogens with zero attached hydrogens (tertiary/aromatic N) is 2. The van der Waals surface area contributed by atoms with Gasteiger partial charge in [-0.05, 0) is 30.2 Å². The molecule has 26 heavy (non-hydrogen) atoms. The van der Waals surface area contributed by atoms with E-state index >= 15 is 0 Å². The number of nitrogens with one attached hydrogen (secondary N) is 2. The average Bonchev–Trinajstić information content (AvgIpc) is 3.05. The van der Waals surface area contributed by atoms with Gasteiger partial charge in [0.2, 0.25) is 11.8 Å². The van der Waals surface area contributed by atoms with E-state index in [2.05, 4.69) is 15.3 Å². The lowest BCUT2D eigenvalue weighted by atomic mass is 10.1. The van der Waals surface area contributed by atoms with Crippen molar-refractivity contribution in [3.8, 4) is 0 Å². The first kappa shape index (κ1) is 17.7. The Morgan fingerprint density at radius 1 is 1.15 bits per heavy atom. The van der Waals surface area contributed by atoms with Crippen molar-refractivity contribution in [2.75, 3.05) is 18.9 Å². The highest BCUT2D eigenvalue weighted by atomic mass is 16.2. The van der Waals surface area contributed by atoms with Crippen LogP contribution in [0.25, 0.3) is 11.0 Å². The molecule has 1 aromatic carbocycles. The molecule has 2 aromatic heterocycles. The van der Waals surface area contributed by atoms with Gasteiger partial charge in [-0.15, -0.1) is 0 Å². The van der Waals surface area contributed by atoms with E-state index in [1.807, 2.05) is 43.3 Å². The van der Waals surface area contributed by atoms with Crippen molar-refractivity contribution in [2.24, 2.45) is 0 Å².